The molecule has 5 nitrogen and oxygen atoms in total. The minimum atomic E-state index is -4.60. The molecule has 0 atom stereocenters. The summed E-state index contributed by atoms with van der Waals surface area (Å²) in [5.41, 5.74) is -0.962. The van der Waals surface area contributed by atoms with Crippen molar-refractivity contribution in [1.82, 2.24) is 0 Å². The van der Waals surface area contributed by atoms with Crippen LogP contribution in [0.15, 0.2) is 46.9 Å². The lowest BCUT2D eigenvalue weighted by molar-refractivity contribution is -0.136. The Balaban J connectivity index is 2.18. The van der Waals surface area contributed by atoms with Crippen molar-refractivity contribution in [2.45, 2.75) is 6.18 Å². The molecular formula is C16H12BrF3N2O3. The molecule has 0 aliphatic heterocycles. The third-order valence-corrected chi connectivity index (χ3v) is 3.80. The van der Waals surface area contributed by atoms with E-state index < -0.39 is 23.7 Å². The largest absolute Gasteiger partial charge is 0.465 e. The highest BCUT2D eigenvalue weighted by molar-refractivity contribution is 9.10. The molecule has 0 radical (unpaired) electrons. The van der Waals surface area contributed by atoms with Gasteiger partial charge in [0.05, 0.1) is 23.9 Å². The van der Waals surface area contributed by atoms with Crippen LogP contribution in [-0.4, -0.2) is 19.1 Å². The Morgan fingerprint density at radius 1 is 1.08 bits per heavy atom. The Labute approximate surface area is 149 Å². The number of methoxy groups -OCH3 is 1. The lowest BCUT2D eigenvalue weighted by Crippen LogP contribution is -2.22. The first-order valence-corrected chi connectivity index (χ1v) is 7.63. The fraction of sp³-hybridized carbons (Fsp3) is 0.125. The third-order valence-electron chi connectivity index (χ3n) is 3.11. The third kappa shape index (κ3) is 4.72. The summed E-state index contributed by atoms with van der Waals surface area (Å²) in [5.74, 6) is -0.627. The fourth-order valence-corrected chi connectivity index (χ4v) is 2.40. The van der Waals surface area contributed by atoms with Crippen LogP contribution in [0.25, 0.3) is 0 Å². The van der Waals surface area contributed by atoms with Gasteiger partial charge < -0.3 is 15.4 Å². The summed E-state index contributed by atoms with van der Waals surface area (Å²) in [6, 6.07) is 8.05. The average molecular weight is 417 g/mol. The second kappa shape index (κ2) is 7.56. The standard InChI is InChI=1S/C16H12BrF3N2O3/c1-25-14(23)10-8-9(6-7-12(10)17)21-15(24)22-13-5-3-2-4-11(13)16(18,19)20/h2-8H,1H3,(H2,21,22,24). The highest BCUT2D eigenvalue weighted by atomic mass is 79.9. The van der Waals surface area contributed by atoms with Crippen LogP contribution < -0.4 is 10.6 Å². The number of nitrogens with one attached hydrogen (secondary N) is 2. The summed E-state index contributed by atoms with van der Waals surface area (Å²) in [4.78, 5) is 23.6. The van der Waals surface area contributed by atoms with E-state index in [4.69, 9.17) is 0 Å². The SMILES string of the molecule is COC(=O)c1cc(NC(=O)Nc2ccccc2C(F)(F)F)ccc1Br. The number of hydrogen-bond acceptors (Lipinski definition) is 3. The molecule has 2 rings (SSSR count). The highest BCUT2D eigenvalue weighted by Crippen LogP contribution is 2.34. The number of hydrogen-bond donors (Lipinski definition) is 2. The zero-order chi connectivity index (χ0) is 18.6. The van der Waals surface area contributed by atoms with Crippen LogP contribution in [0.4, 0.5) is 29.3 Å². The molecular weight excluding hydrogens is 405 g/mol. The van der Waals surface area contributed by atoms with Gasteiger partial charge in [-0.2, -0.15) is 13.2 Å². The van der Waals surface area contributed by atoms with Gasteiger partial charge in [0.15, 0.2) is 0 Å². The van der Waals surface area contributed by atoms with Crippen molar-refractivity contribution in [3.8, 4) is 0 Å². The molecule has 0 bridgehead atoms. The van der Waals surface area contributed by atoms with Gasteiger partial charge in [-0.15, -0.1) is 0 Å². The van der Waals surface area contributed by atoms with Gasteiger partial charge in [-0.1, -0.05) is 12.1 Å². The van der Waals surface area contributed by atoms with E-state index in [2.05, 4.69) is 31.3 Å². The van der Waals surface area contributed by atoms with Gasteiger partial charge in [-0.3, -0.25) is 0 Å². The molecule has 0 heterocycles. The second-order valence-corrected chi connectivity index (χ2v) is 5.66. The van der Waals surface area contributed by atoms with E-state index in [0.29, 0.717) is 4.47 Å². The number of amides is 2. The Morgan fingerprint density at radius 3 is 2.40 bits per heavy atom. The quantitative estimate of drug-likeness (QED) is 0.699. The Bertz CT molecular complexity index is 809. The average Bonchev–Trinajstić information content (AvgIpc) is 2.55. The highest BCUT2D eigenvalue weighted by Gasteiger charge is 2.33. The van der Waals surface area contributed by atoms with Crippen LogP contribution in [0.1, 0.15) is 15.9 Å². The maximum absolute atomic E-state index is 12.9. The number of carbonyl (C=O) groups excluding carboxylic acids is 2. The maximum Gasteiger partial charge on any atom is 0.418 e. The van der Waals surface area contributed by atoms with Crippen molar-refractivity contribution < 1.29 is 27.5 Å². The molecule has 0 aliphatic rings. The number of alkyl halides is 3. The van der Waals surface area contributed by atoms with E-state index in [-0.39, 0.29) is 16.9 Å². The van der Waals surface area contributed by atoms with Crippen molar-refractivity contribution in [3.63, 3.8) is 0 Å². The van der Waals surface area contributed by atoms with Gasteiger partial charge in [-0.25, -0.2) is 9.59 Å². The monoisotopic (exact) mass is 416 g/mol. The molecule has 9 heteroatoms. The first-order chi connectivity index (χ1) is 11.7. The molecule has 0 fully saturated rings. The van der Waals surface area contributed by atoms with Crippen LogP contribution in [0, 0.1) is 0 Å². The smallest absolute Gasteiger partial charge is 0.418 e. The number of halogens is 4. The maximum atomic E-state index is 12.9. The summed E-state index contributed by atoms with van der Waals surface area (Å²) in [6.07, 6.45) is -4.60. The molecule has 0 aliphatic carbocycles. The van der Waals surface area contributed by atoms with Gasteiger partial charge in [0.2, 0.25) is 0 Å². The van der Waals surface area contributed by atoms with Gasteiger partial charge in [0, 0.05) is 10.2 Å². The molecule has 0 spiro atoms. The first-order valence-electron chi connectivity index (χ1n) is 6.84. The molecule has 132 valence electrons. The van der Waals surface area contributed by atoms with Gasteiger partial charge in [-0.05, 0) is 46.3 Å². The van der Waals surface area contributed by atoms with E-state index in [9.17, 15) is 22.8 Å². The van der Waals surface area contributed by atoms with E-state index in [1.807, 2.05) is 0 Å². The minimum absolute atomic E-state index is 0.163. The first kappa shape index (κ1) is 18.8. The summed E-state index contributed by atoms with van der Waals surface area (Å²) < 4.78 is 43.8. The van der Waals surface area contributed by atoms with E-state index in [0.717, 1.165) is 12.1 Å². The molecule has 2 aromatic carbocycles. The predicted molar refractivity (Wildman–Crippen MR) is 89.6 cm³/mol. The van der Waals surface area contributed by atoms with Crippen LogP contribution in [0.5, 0.6) is 0 Å². The summed E-state index contributed by atoms with van der Waals surface area (Å²) in [5, 5.41) is 4.51. The number of benzene rings is 2. The van der Waals surface area contributed by atoms with Crippen molar-refractivity contribution in [1.29, 1.82) is 0 Å². The summed E-state index contributed by atoms with van der Waals surface area (Å²) in [7, 11) is 1.20. The van der Waals surface area contributed by atoms with E-state index in [1.165, 1.54) is 37.4 Å². The number of urea groups is 1. The van der Waals surface area contributed by atoms with Gasteiger partial charge >= 0.3 is 18.2 Å². The van der Waals surface area contributed by atoms with Crippen LogP contribution in [0.3, 0.4) is 0 Å². The Morgan fingerprint density at radius 2 is 1.76 bits per heavy atom. The number of para-hydroxylation sites is 1. The number of anilines is 2. The predicted octanol–water partition coefficient (Wildman–Crippen LogP) is 4.90. The van der Waals surface area contributed by atoms with E-state index >= 15 is 0 Å². The zero-order valence-electron chi connectivity index (χ0n) is 12.8. The van der Waals surface area contributed by atoms with Gasteiger partial charge in [0.25, 0.3) is 0 Å². The van der Waals surface area contributed by atoms with Crippen LogP contribution in [0.2, 0.25) is 0 Å². The van der Waals surface area contributed by atoms with Crippen molar-refractivity contribution >= 4 is 39.3 Å². The van der Waals surface area contributed by atoms with Crippen molar-refractivity contribution in [2.24, 2.45) is 0 Å². The topological polar surface area (TPSA) is 67.4 Å². The van der Waals surface area contributed by atoms with Gasteiger partial charge in [0.1, 0.15) is 0 Å². The molecule has 2 N–H and O–H groups in total. The van der Waals surface area contributed by atoms with Crippen molar-refractivity contribution in [2.75, 3.05) is 17.7 Å². The molecule has 0 aromatic heterocycles. The van der Waals surface area contributed by atoms with Crippen LogP contribution in [-0.2, 0) is 10.9 Å². The lowest BCUT2D eigenvalue weighted by atomic mass is 10.1. The number of carbonyl (C=O) groups is 2. The molecule has 2 amide bonds. The Hall–Kier alpha value is -2.55. The molecule has 25 heavy (non-hydrogen) atoms. The van der Waals surface area contributed by atoms with E-state index in [1.54, 1.807) is 0 Å². The fourth-order valence-electron chi connectivity index (χ4n) is 1.99. The van der Waals surface area contributed by atoms with Crippen molar-refractivity contribution in [3.05, 3.63) is 58.1 Å². The number of ether oxygens (including phenoxy) is 1. The molecule has 0 saturated heterocycles. The normalized spacial score (nSPS) is 10.9. The molecule has 0 saturated carbocycles. The lowest BCUT2D eigenvalue weighted by Gasteiger charge is -2.14. The zero-order valence-corrected chi connectivity index (χ0v) is 14.4. The summed E-state index contributed by atoms with van der Waals surface area (Å²) >= 11 is 3.17. The second-order valence-electron chi connectivity index (χ2n) is 4.81. The number of rotatable bonds is 3. The molecule has 2 aromatic rings. The Kier molecular flexibility index (Phi) is 5.68. The number of esters is 1. The minimum Gasteiger partial charge on any atom is -0.465 e. The summed E-state index contributed by atoms with van der Waals surface area (Å²) in [6.45, 7) is 0. The van der Waals surface area contributed by atoms with Crippen LogP contribution >= 0.6 is 15.9 Å². The molecule has 0 unspecified atom stereocenters.